The van der Waals surface area contributed by atoms with Crippen LogP contribution in [-0.2, 0) is 11.3 Å². The first-order valence-electron chi connectivity index (χ1n) is 6.80. The lowest BCUT2D eigenvalue weighted by atomic mass is 10.2. The van der Waals surface area contributed by atoms with Gasteiger partial charge >= 0.3 is 0 Å². The second kappa shape index (κ2) is 6.49. The molecule has 3 aromatic rings. The van der Waals surface area contributed by atoms with Gasteiger partial charge in [0.2, 0.25) is 5.91 Å². The van der Waals surface area contributed by atoms with E-state index in [2.05, 4.69) is 20.8 Å². The lowest BCUT2D eigenvalue weighted by molar-refractivity contribution is -0.116. The van der Waals surface area contributed by atoms with Gasteiger partial charge in [-0.1, -0.05) is 12.1 Å². The molecule has 0 saturated carbocycles. The molecule has 0 saturated heterocycles. The minimum atomic E-state index is -1.08. The first-order chi connectivity index (χ1) is 11.5. The molecule has 2 aromatic carbocycles. The Bertz CT molecular complexity index is 896. The molecule has 0 aliphatic carbocycles. The van der Waals surface area contributed by atoms with Crippen LogP contribution in [0.1, 0.15) is 0 Å². The average molecular weight is 333 g/mol. The number of anilines is 1. The molecule has 122 valence electrons. The molecule has 0 radical (unpaired) electrons. The zero-order valence-electron chi connectivity index (χ0n) is 12.1. The molecule has 0 aliphatic heterocycles. The predicted molar refractivity (Wildman–Crippen MR) is 78.2 cm³/mol. The van der Waals surface area contributed by atoms with Crippen molar-refractivity contribution in [3.63, 3.8) is 0 Å². The van der Waals surface area contributed by atoms with Crippen molar-refractivity contribution in [2.75, 3.05) is 5.32 Å². The molecule has 1 heterocycles. The Labute approximate surface area is 133 Å². The maximum Gasteiger partial charge on any atom is 0.246 e. The number of tetrazole rings is 1. The maximum absolute atomic E-state index is 13.8. The minimum Gasteiger partial charge on any atom is -0.324 e. The highest BCUT2D eigenvalue weighted by Crippen LogP contribution is 2.19. The molecule has 0 spiro atoms. The van der Waals surface area contributed by atoms with Crippen molar-refractivity contribution in [3.05, 3.63) is 59.9 Å². The average Bonchev–Trinajstić information content (AvgIpc) is 2.99. The number of aromatic nitrogens is 4. The zero-order chi connectivity index (χ0) is 17.1. The van der Waals surface area contributed by atoms with Crippen molar-refractivity contribution >= 4 is 11.6 Å². The van der Waals surface area contributed by atoms with Crippen molar-refractivity contribution in [1.29, 1.82) is 0 Å². The number of nitrogens with zero attached hydrogens (tertiary/aromatic N) is 4. The highest BCUT2D eigenvalue weighted by molar-refractivity contribution is 5.90. The Balaban J connectivity index is 1.77. The van der Waals surface area contributed by atoms with Gasteiger partial charge in [0.05, 0.1) is 5.56 Å². The molecule has 0 unspecified atom stereocenters. The molecule has 9 heteroatoms. The molecular formula is C15H10F3N5O. The largest absolute Gasteiger partial charge is 0.324 e. The molecule has 0 atom stereocenters. The van der Waals surface area contributed by atoms with Gasteiger partial charge in [-0.05, 0) is 34.7 Å². The molecule has 6 nitrogen and oxygen atoms in total. The molecule has 1 aromatic heterocycles. The van der Waals surface area contributed by atoms with Crippen LogP contribution in [0.3, 0.4) is 0 Å². The van der Waals surface area contributed by atoms with Gasteiger partial charge in [0, 0.05) is 11.8 Å². The van der Waals surface area contributed by atoms with Crippen LogP contribution in [0, 0.1) is 17.5 Å². The van der Waals surface area contributed by atoms with E-state index in [0.29, 0.717) is 0 Å². The maximum atomic E-state index is 13.8. The Hall–Kier alpha value is -3.23. The van der Waals surface area contributed by atoms with Gasteiger partial charge in [0.1, 0.15) is 12.4 Å². The van der Waals surface area contributed by atoms with Gasteiger partial charge in [0.25, 0.3) is 0 Å². The Morgan fingerprint density at radius 1 is 1.04 bits per heavy atom. The van der Waals surface area contributed by atoms with Crippen LogP contribution in [0.2, 0.25) is 0 Å². The van der Waals surface area contributed by atoms with E-state index in [-0.39, 0.29) is 23.6 Å². The predicted octanol–water partition coefficient (Wildman–Crippen LogP) is 2.40. The van der Waals surface area contributed by atoms with E-state index in [1.165, 1.54) is 24.3 Å². The van der Waals surface area contributed by atoms with Gasteiger partial charge in [-0.15, -0.1) is 5.10 Å². The third-order valence-electron chi connectivity index (χ3n) is 3.14. The summed E-state index contributed by atoms with van der Waals surface area (Å²) in [5.41, 5.74) is 0.225. The van der Waals surface area contributed by atoms with Crippen LogP contribution < -0.4 is 5.32 Å². The van der Waals surface area contributed by atoms with Crippen molar-refractivity contribution < 1.29 is 18.0 Å². The number of carbonyl (C=O) groups is 1. The molecule has 0 aliphatic rings. The molecule has 0 fully saturated rings. The zero-order valence-corrected chi connectivity index (χ0v) is 12.1. The second-order valence-electron chi connectivity index (χ2n) is 4.82. The lowest BCUT2D eigenvalue weighted by Crippen LogP contribution is -2.20. The Kier molecular flexibility index (Phi) is 4.23. The van der Waals surface area contributed by atoms with Crippen molar-refractivity contribution in [3.8, 4) is 11.4 Å². The van der Waals surface area contributed by atoms with E-state index < -0.39 is 23.4 Å². The smallest absolute Gasteiger partial charge is 0.246 e. The van der Waals surface area contributed by atoms with Crippen LogP contribution in [0.5, 0.6) is 0 Å². The number of nitrogens with one attached hydrogen (secondary N) is 1. The van der Waals surface area contributed by atoms with Crippen LogP contribution in [0.15, 0.2) is 42.5 Å². The fraction of sp³-hybridized carbons (Fsp3) is 0.0667. The van der Waals surface area contributed by atoms with E-state index >= 15 is 0 Å². The minimum absolute atomic E-state index is 0.0773. The third kappa shape index (κ3) is 3.24. The first-order valence-corrected chi connectivity index (χ1v) is 6.80. The van der Waals surface area contributed by atoms with Crippen LogP contribution in [0.4, 0.5) is 18.9 Å². The number of halogens is 3. The number of amides is 1. The fourth-order valence-electron chi connectivity index (χ4n) is 2.06. The summed E-state index contributed by atoms with van der Waals surface area (Å²) in [4.78, 5) is 12.0. The van der Waals surface area contributed by atoms with Crippen LogP contribution in [0.25, 0.3) is 11.4 Å². The SMILES string of the molecule is O=C(Cn1nnnc1-c1ccccc1F)Nc1ccc(F)c(F)c1. The molecule has 1 N–H and O–H groups in total. The van der Waals surface area contributed by atoms with E-state index in [4.69, 9.17) is 0 Å². The lowest BCUT2D eigenvalue weighted by Gasteiger charge is -2.07. The summed E-state index contributed by atoms with van der Waals surface area (Å²) < 4.78 is 40.9. The third-order valence-corrected chi connectivity index (χ3v) is 3.14. The topological polar surface area (TPSA) is 72.7 Å². The van der Waals surface area contributed by atoms with E-state index in [1.807, 2.05) is 0 Å². The van der Waals surface area contributed by atoms with Crippen LogP contribution >= 0.6 is 0 Å². The molecule has 0 bridgehead atoms. The van der Waals surface area contributed by atoms with Crippen LogP contribution in [-0.4, -0.2) is 26.1 Å². The van der Waals surface area contributed by atoms with E-state index in [9.17, 15) is 18.0 Å². The monoisotopic (exact) mass is 333 g/mol. The fourth-order valence-corrected chi connectivity index (χ4v) is 2.06. The normalized spacial score (nSPS) is 10.6. The number of rotatable bonds is 4. The van der Waals surface area contributed by atoms with Gasteiger partial charge in [0.15, 0.2) is 17.5 Å². The standard InChI is InChI=1S/C15H10F3N5O/c16-11-4-2-1-3-10(11)15-20-21-22-23(15)8-14(24)19-9-5-6-12(17)13(18)7-9/h1-7H,8H2,(H,19,24). The Morgan fingerprint density at radius 2 is 1.83 bits per heavy atom. The summed E-state index contributed by atoms with van der Waals surface area (Å²) in [5, 5.41) is 13.2. The number of hydrogen-bond acceptors (Lipinski definition) is 4. The summed E-state index contributed by atoms with van der Waals surface area (Å²) in [5.74, 6) is -3.13. The summed E-state index contributed by atoms with van der Waals surface area (Å²) in [6.07, 6.45) is 0. The van der Waals surface area contributed by atoms with Crippen molar-refractivity contribution in [1.82, 2.24) is 20.2 Å². The molecule has 3 rings (SSSR count). The van der Waals surface area contributed by atoms with E-state index in [1.54, 1.807) is 6.07 Å². The molecule has 24 heavy (non-hydrogen) atoms. The van der Waals surface area contributed by atoms with Gasteiger partial charge in [-0.25, -0.2) is 17.9 Å². The van der Waals surface area contributed by atoms with Gasteiger partial charge in [-0.2, -0.15) is 0 Å². The summed E-state index contributed by atoms with van der Waals surface area (Å²) in [6, 6.07) is 8.81. The van der Waals surface area contributed by atoms with Gasteiger partial charge in [-0.3, -0.25) is 4.79 Å². The van der Waals surface area contributed by atoms with Gasteiger partial charge < -0.3 is 5.32 Å². The Morgan fingerprint density at radius 3 is 2.58 bits per heavy atom. The first kappa shape index (κ1) is 15.7. The number of benzene rings is 2. The van der Waals surface area contributed by atoms with E-state index in [0.717, 1.165) is 16.8 Å². The van der Waals surface area contributed by atoms with Crippen molar-refractivity contribution in [2.45, 2.75) is 6.54 Å². The molecule has 1 amide bonds. The second-order valence-corrected chi connectivity index (χ2v) is 4.82. The quantitative estimate of drug-likeness (QED) is 0.796. The number of carbonyl (C=O) groups excluding carboxylic acids is 1. The summed E-state index contributed by atoms with van der Waals surface area (Å²) in [7, 11) is 0. The highest BCUT2D eigenvalue weighted by Gasteiger charge is 2.15. The highest BCUT2D eigenvalue weighted by atomic mass is 19.2. The number of hydrogen-bond donors (Lipinski definition) is 1. The summed E-state index contributed by atoms with van der Waals surface area (Å²) >= 11 is 0. The molecular weight excluding hydrogens is 323 g/mol. The summed E-state index contributed by atoms with van der Waals surface area (Å²) in [6.45, 7) is -0.324. The van der Waals surface area contributed by atoms with Crippen molar-refractivity contribution in [2.24, 2.45) is 0 Å².